The fraction of sp³-hybridized carbons (Fsp3) is 0.771. The number of hydrogen-bond donors (Lipinski definition) is 2. The summed E-state index contributed by atoms with van der Waals surface area (Å²) < 4.78 is 26.2. The first-order chi connectivity index (χ1) is 21.3. The summed E-state index contributed by atoms with van der Waals surface area (Å²) in [6.07, 6.45) is 34.4. The topological polar surface area (TPSA) is 119 Å². The van der Waals surface area contributed by atoms with E-state index >= 15 is 0 Å². The smallest absolute Gasteiger partial charge is 0.462 e. The second-order valence-electron chi connectivity index (χ2n) is 11.5. The molecule has 44 heavy (non-hydrogen) atoms. The van der Waals surface area contributed by atoms with Crippen LogP contribution in [0.25, 0.3) is 0 Å². The Labute approximate surface area is 268 Å². The van der Waals surface area contributed by atoms with E-state index in [0.29, 0.717) is 12.8 Å². The maximum atomic E-state index is 12.3. The molecule has 0 aliphatic carbocycles. The Morgan fingerprint density at radius 1 is 0.591 bits per heavy atom. The minimum atomic E-state index is -4.75. The van der Waals surface area contributed by atoms with Crippen LogP contribution in [-0.4, -0.2) is 41.0 Å². The molecule has 0 fully saturated rings. The third kappa shape index (κ3) is 33.2. The molecule has 256 valence electrons. The molecule has 9 heteroatoms. The van der Waals surface area contributed by atoms with Crippen molar-refractivity contribution in [2.24, 2.45) is 0 Å². The van der Waals surface area contributed by atoms with E-state index in [2.05, 4.69) is 54.8 Å². The molecule has 0 amide bonds. The van der Waals surface area contributed by atoms with Gasteiger partial charge in [-0.1, -0.05) is 115 Å². The number of rotatable bonds is 31. The average molecular weight is 643 g/mol. The van der Waals surface area contributed by atoms with Crippen molar-refractivity contribution in [3.8, 4) is 0 Å². The van der Waals surface area contributed by atoms with Gasteiger partial charge in [-0.2, -0.15) is 0 Å². The molecule has 0 radical (unpaired) electrons. The Hall–Kier alpha value is -1.73. The van der Waals surface area contributed by atoms with Crippen LogP contribution in [0.5, 0.6) is 0 Å². The van der Waals surface area contributed by atoms with Gasteiger partial charge in [0.05, 0.1) is 6.61 Å². The Kier molecular flexibility index (Phi) is 30.0. The van der Waals surface area contributed by atoms with Crippen LogP contribution >= 0.6 is 7.82 Å². The monoisotopic (exact) mass is 642 g/mol. The molecule has 0 saturated heterocycles. The van der Waals surface area contributed by atoms with Gasteiger partial charge in [-0.25, -0.2) is 4.57 Å². The zero-order valence-electron chi connectivity index (χ0n) is 27.8. The van der Waals surface area contributed by atoms with Crippen molar-refractivity contribution in [1.29, 1.82) is 0 Å². The first kappa shape index (κ1) is 42.3. The number of phosphoric acid groups is 1. The first-order valence-electron chi connectivity index (χ1n) is 17.3. The average Bonchev–Trinajstić information content (AvgIpc) is 2.98. The van der Waals surface area contributed by atoms with E-state index in [1.54, 1.807) is 0 Å². The van der Waals surface area contributed by atoms with Crippen molar-refractivity contribution in [1.82, 2.24) is 0 Å². The number of hydrogen-bond acceptors (Lipinski definition) is 6. The highest BCUT2D eigenvalue weighted by Gasteiger charge is 2.22. The van der Waals surface area contributed by atoms with Crippen LogP contribution in [0.2, 0.25) is 0 Å². The normalized spacial score (nSPS) is 12.9. The SMILES string of the molecule is CCCC/C=C/CCCCCCCC(=O)OC[C@H](COP(=O)(O)O)OC(=O)CCCC/C=C/C/C=C/CCCCCCCC. The largest absolute Gasteiger partial charge is 0.469 e. The van der Waals surface area contributed by atoms with E-state index in [1.807, 2.05) is 0 Å². The molecule has 0 bridgehead atoms. The van der Waals surface area contributed by atoms with E-state index in [-0.39, 0.29) is 19.4 Å². The number of ether oxygens (including phenoxy) is 2. The van der Waals surface area contributed by atoms with E-state index in [4.69, 9.17) is 19.3 Å². The van der Waals surface area contributed by atoms with Gasteiger partial charge in [0.2, 0.25) is 0 Å². The molecule has 1 atom stereocenters. The van der Waals surface area contributed by atoms with Crippen LogP contribution in [0.3, 0.4) is 0 Å². The van der Waals surface area contributed by atoms with Crippen LogP contribution in [0.1, 0.15) is 155 Å². The van der Waals surface area contributed by atoms with E-state index in [0.717, 1.165) is 64.2 Å². The molecule has 8 nitrogen and oxygen atoms in total. The Bertz CT molecular complexity index is 818. The number of carbonyl (C=O) groups is 2. The van der Waals surface area contributed by atoms with Crippen LogP contribution in [0, 0.1) is 0 Å². The molecular formula is C35H63O8P. The fourth-order valence-electron chi connectivity index (χ4n) is 4.50. The first-order valence-corrected chi connectivity index (χ1v) is 18.8. The lowest BCUT2D eigenvalue weighted by molar-refractivity contribution is -0.161. The summed E-state index contributed by atoms with van der Waals surface area (Å²) in [6.45, 7) is 3.57. The number of unbranched alkanes of at least 4 members (excludes halogenated alkanes) is 15. The number of allylic oxidation sites excluding steroid dienone is 6. The van der Waals surface area contributed by atoms with Crippen molar-refractivity contribution in [3.05, 3.63) is 36.5 Å². The molecule has 0 spiro atoms. The lowest BCUT2D eigenvalue weighted by atomic mass is 10.1. The van der Waals surface area contributed by atoms with E-state index in [9.17, 15) is 14.2 Å². The molecule has 0 aromatic carbocycles. The zero-order valence-corrected chi connectivity index (χ0v) is 28.7. The van der Waals surface area contributed by atoms with Gasteiger partial charge < -0.3 is 19.3 Å². The molecule has 0 rings (SSSR count). The highest BCUT2D eigenvalue weighted by molar-refractivity contribution is 7.46. The number of phosphoric ester groups is 1. The Morgan fingerprint density at radius 3 is 1.64 bits per heavy atom. The van der Waals surface area contributed by atoms with Gasteiger partial charge >= 0.3 is 19.8 Å². The van der Waals surface area contributed by atoms with Gasteiger partial charge in [0, 0.05) is 12.8 Å². The van der Waals surface area contributed by atoms with E-state index < -0.39 is 32.5 Å². The Morgan fingerprint density at radius 2 is 1.05 bits per heavy atom. The van der Waals surface area contributed by atoms with Crippen molar-refractivity contribution < 1.29 is 37.9 Å². The third-order valence-corrected chi connectivity index (χ3v) is 7.62. The van der Waals surface area contributed by atoms with Gasteiger partial charge in [-0.05, 0) is 64.2 Å². The third-order valence-electron chi connectivity index (χ3n) is 7.13. The minimum Gasteiger partial charge on any atom is -0.462 e. The number of esters is 2. The lowest BCUT2D eigenvalue weighted by Crippen LogP contribution is -2.29. The summed E-state index contributed by atoms with van der Waals surface area (Å²) in [5.74, 6) is -0.938. The van der Waals surface area contributed by atoms with E-state index in [1.165, 1.54) is 51.4 Å². The number of carbonyl (C=O) groups excluding carboxylic acids is 2. The quantitative estimate of drug-likeness (QED) is 0.0332. The maximum Gasteiger partial charge on any atom is 0.469 e. The summed E-state index contributed by atoms with van der Waals surface area (Å²) in [7, 11) is -4.75. The van der Waals surface area contributed by atoms with Crippen LogP contribution < -0.4 is 0 Å². The summed E-state index contributed by atoms with van der Waals surface area (Å²) in [4.78, 5) is 42.5. The summed E-state index contributed by atoms with van der Waals surface area (Å²) >= 11 is 0. The highest BCUT2D eigenvalue weighted by Crippen LogP contribution is 2.35. The molecule has 0 aliphatic rings. The van der Waals surface area contributed by atoms with Crippen molar-refractivity contribution in [3.63, 3.8) is 0 Å². The van der Waals surface area contributed by atoms with Gasteiger partial charge in [-0.15, -0.1) is 0 Å². The molecule has 0 aromatic heterocycles. The van der Waals surface area contributed by atoms with Crippen molar-refractivity contribution >= 4 is 19.8 Å². The molecule has 0 saturated carbocycles. The molecule has 0 aromatic rings. The van der Waals surface area contributed by atoms with Gasteiger partial charge in [-0.3, -0.25) is 14.1 Å². The summed E-state index contributed by atoms with van der Waals surface area (Å²) in [5, 5.41) is 0. The molecular weight excluding hydrogens is 579 g/mol. The zero-order chi connectivity index (χ0) is 32.6. The molecule has 2 N–H and O–H groups in total. The van der Waals surface area contributed by atoms with Crippen LogP contribution in [0.15, 0.2) is 36.5 Å². The summed E-state index contributed by atoms with van der Waals surface area (Å²) in [5.41, 5.74) is 0. The molecule has 0 aliphatic heterocycles. The second kappa shape index (κ2) is 31.3. The van der Waals surface area contributed by atoms with Crippen LogP contribution in [-0.2, 0) is 28.2 Å². The van der Waals surface area contributed by atoms with Crippen LogP contribution in [0.4, 0.5) is 0 Å². The highest BCUT2D eigenvalue weighted by atomic mass is 31.2. The van der Waals surface area contributed by atoms with Gasteiger partial charge in [0.1, 0.15) is 6.61 Å². The summed E-state index contributed by atoms with van der Waals surface area (Å²) in [6, 6.07) is 0. The predicted molar refractivity (Wildman–Crippen MR) is 179 cm³/mol. The fourth-order valence-corrected chi connectivity index (χ4v) is 4.86. The minimum absolute atomic E-state index is 0.168. The lowest BCUT2D eigenvalue weighted by Gasteiger charge is -2.18. The molecule has 0 unspecified atom stereocenters. The second-order valence-corrected chi connectivity index (χ2v) is 12.7. The van der Waals surface area contributed by atoms with Crippen molar-refractivity contribution in [2.75, 3.05) is 13.2 Å². The standard InChI is InChI=1S/C35H63O8P/c1-3-5-7-9-11-13-15-16-17-18-20-22-24-26-28-30-35(37)43-33(32-42-44(38,39)40)31-41-34(36)29-27-25-23-21-19-14-12-10-8-6-4-2/h10,12,16-17,20,22,33H,3-9,11,13-15,18-19,21,23-32H2,1-2H3,(H2,38,39,40)/b12-10+,17-16+,22-20+/t33-/m1/s1. The Balaban J connectivity index is 4.08. The predicted octanol–water partition coefficient (Wildman–Crippen LogP) is 9.84. The van der Waals surface area contributed by atoms with Gasteiger partial charge in [0.15, 0.2) is 6.10 Å². The van der Waals surface area contributed by atoms with Crippen molar-refractivity contribution in [2.45, 2.75) is 161 Å². The van der Waals surface area contributed by atoms with Gasteiger partial charge in [0.25, 0.3) is 0 Å². The maximum absolute atomic E-state index is 12.3. The molecule has 0 heterocycles.